The zero-order valence-corrected chi connectivity index (χ0v) is 8.03. The lowest BCUT2D eigenvalue weighted by molar-refractivity contribution is 0.522. The molecule has 0 saturated carbocycles. The summed E-state index contributed by atoms with van der Waals surface area (Å²) in [6, 6.07) is 8.93. The van der Waals surface area contributed by atoms with Crippen LogP contribution >= 0.6 is 0 Å². The third-order valence-electron chi connectivity index (χ3n) is 2.88. The van der Waals surface area contributed by atoms with Gasteiger partial charge < -0.3 is 5.01 Å². The highest BCUT2D eigenvalue weighted by molar-refractivity contribution is 5.55. The Morgan fingerprint density at radius 1 is 1.46 bits per heavy atom. The third-order valence-corrected chi connectivity index (χ3v) is 2.88. The molecule has 1 heterocycles. The van der Waals surface area contributed by atoms with Crippen molar-refractivity contribution < 1.29 is 0 Å². The van der Waals surface area contributed by atoms with E-state index in [1.165, 1.54) is 24.1 Å². The van der Waals surface area contributed by atoms with E-state index in [-0.39, 0.29) is 0 Å². The van der Waals surface area contributed by atoms with Gasteiger partial charge in [-0.3, -0.25) is 0 Å². The average Bonchev–Trinajstić information content (AvgIpc) is 2.19. The molecule has 2 heteroatoms. The second kappa shape index (κ2) is 3.38. The zero-order chi connectivity index (χ0) is 9.26. The van der Waals surface area contributed by atoms with Gasteiger partial charge in [-0.15, -0.1) is 0 Å². The maximum Gasteiger partial charge on any atom is 0.0552 e. The smallest absolute Gasteiger partial charge is 0.0552 e. The van der Waals surface area contributed by atoms with Crippen molar-refractivity contribution in [2.45, 2.75) is 32.2 Å². The Balaban J connectivity index is 2.33. The van der Waals surface area contributed by atoms with E-state index in [2.05, 4.69) is 31.2 Å². The second-order valence-corrected chi connectivity index (χ2v) is 3.64. The topological polar surface area (TPSA) is 29.3 Å². The molecule has 2 rings (SSSR count). The molecule has 1 aliphatic heterocycles. The van der Waals surface area contributed by atoms with Crippen LogP contribution in [0.3, 0.4) is 0 Å². The summed E-state index contributed by atoms with van der Waals surface area (Å²) in [5.41, 5.74) is 2.59. The van der Waals surface area contributed by atoms with E-state index in [4.69, 9.17) is 5.84 Å². The highest BCUT2D eigenvalue weighted by Gasteiger charge is 2.21. The van der Waals surface area contributed by atoms with Crippen LogP contribution in [0, 0.1) is 0 Å². The number of hydrogen-bond acceptors (Lipinski definition) is 2. The fourth-order valence-corrected chi connectivity index (χ4v) is 2.03. The van der Waals surface area contributed by atoms with Crippen LogP contribution in [0.5, 0.6) is 0 Å². The van der Waals surface area contributed by atoms with E-state index in [0.717, 1.165) is 6.42 Å². The van der Waals surface area contributed by atoms with Crippen molar-refractivity contribution in [3.05, 3.63) is 29.8 Å². The van der Waals surface area contributed by atoms with E-state index in [1.54, 1.807) is 0 Å². The number of nitrogens with zero attached hydrogens (tertiary/aromatic N) is 1. The third kappa shape index (κ3) is 1.42. The predicted molar refractivity (Wildman–Crippen MR) is 55.5 cm³/mol. The highest BCUT2D eigenvalue weighted by atomic mass is 15.4. The molecule has 70 valence electrons. The van der Waals surface area contributed by atoms with Crippen LogP contribution in [-0.2, 0) is 6.42 Å². The lowest BCUT2D eigenvalue weighted by atomic mass is 9.96. The quantitative estimate of drug-likeness (QED) is 0.664. The minimum atomic E-state index is 0.523. The Morgan fingerprint density at radius 3 is 3.00 bits per heavy atom. The van der Waals surface area contributed by atoms with Crippen LogP contribution in [0.15, 0.2) is 24.3 Å². The molecule has 0 radical (unpaired) electrons. The lowest BCUT2D eigenvalue weighted by Crippen LogP contribution is -2.44. The van der Waals surface area contributed by atoms with Gasteiger partial charge in [-0.1, -0.05) is 25.1 Å². The Labute approximate surface area is 79.3 Å². The molecule has 0 saturated heterocycles. The summed E-state index contributed by atoms with van der Waals surface area (Å²) >= 11 is 0. The molecule has 0 fully saturated rings. The van der Waals surface area contributed by atoms with Crippen LogP contribution in [0.25, 0.3) is 0 Å². The summed E-state index contributed by atoms with van der Waals surface area (Å²) < 4.78 is 0. The predicted octanol–water partition coefficient (Wildman–Crippen LogP) is 2.09. The molecule has 0 aliphatic carbocycles. The van der Waals surface area contributed by atoms with Crippen LogP contribution in [0.4, 0.5) is 5.69 Å². The molecule has 2 nitrogen and oxygen atoms in total. The van der Waals surface area contributed by atoms with Crippen molar-refractivity contribution in [1.82, 2.24) is 0 Å². The van der Waals surface area contributed by atoms with Gasteiger partial charge >= 0.3 is 0 Å². The van der Waals surface area contributed by atoms with E-state index >= 15 is 0 Å². The fraction of sp³-hybridized carbons (Fsp3) is 0.455. The van der Waals surface area contributed by atoms with Crippen molar-refractivity contribution in [3.8, 4) is 0 Å². The number of nitrogens with two attached hydrogens (primary N) is 1. The summed E-state index contributed by atoms with van der Waals surface area (Å²) in [6.45, 7) is 2.19. The number of aryl methyl sites for hydroxylation is 1. The monoisotopic (exact) mass is 176 g/mol. The molecule has 1 atom stereocenters. The van der Waals surface area contributed by atoms with Crippen LogP contribution in [0.2, 0.25) is 0 Å². The largest absolute Gasteiger partial charge is 0.308 e. The van der Waals surface area contributed by atoms with Gasteiger partial charge in [0.05, 0.1) is 5.69 Å². The van der Waals surface area contributed by atoms with E-state index in [9.17, 15) is 0 Å². The molecular formula is C11H16N2. The van der Waals surface area contributed by atoms with Crippen molar-refractivity contribution in [2.24, 2.45) is 5.84 Å². The zero-order valence-electron chi connectivity index (χ0n) is 8.03. The van der Waals surface area contributed by atoms with Crippen molar-refractivity contribution in [2.75, 3.05) is 5.01 Å². The first-order valence-electron chi connectivity index (χ1n) is 4.94. The van der Waals surface area contributed by atoms with Gasteiger partial charge in [-0.05, 0) is 30.9 Å². The minimum absolute atomic E-state index is 0.523. The normalized spacial score (nSPS) is 21.4. The summed E-state index contributed by atoms with van der Waals surface area (Å²) in [5, 5.41) is 1.93. The number of para-hydroxylation sites is 1. The summed E-state index contributed by atoms with van der Waals surface area (Å²) in [5.74, 6) is 6.03. The first kappa shape index (κ1) is 8.57. The average molecular weight is 176 g/mol. The summed E-state index contributed by atoms with van der Waals surface area (Å²) in [7, 11) is 0. The molecule has 0 bridgehead atoms. The lowest BCUT2D eigenvalue weighted by Gasteiger charge is -2.34. The number of rotatable bonds is 1. The maximum atomic E-state index is 6.03. The highest BCUT2D eigenvalue weighted by Crippen LogP contribution is 2.28. The molecule has 1 aliphatic rings. The molecule has 1 aromatic rings. The molecule has 0 amide bonds. The number of hydrogen-bond donors (Lipinski definition) is 1. The first-order valence-corrected chi connectivity index (χ1v) is 4.94. The van der Waals surface area contributed by atoms with Gasteiger partial charge in [0.2, 0.25) is 0 Å². The number of benzene rings is 1. The van der Waals surface area contributed by atoms with E-state index in [0.29, 0.717) is 6.04 Å². The Bertz CT molecular complexity index is 296. The SMILES string of the molecule is CCC1CCc2ccccc2N1N. The van der Waals surface area contributed by atoms with Gasteiger partial charge in [-0.2, -0.15) is 0 Å². The maximum absolute atomic E-state index is 6.03. The molecule has 0 aromatic heterocycles. The van der Waals surface area contributed by atoms with Gasteiger partial charge in [0, 0.05) is 6.04 Å². The van der Waals surface area contributed by atoms with Gasteiger partial charge in [0.15, 0.2) is 0 Å². The Morgan fingerprint density at radius 2 is 2.23 bits per heavy atom. The summed E-state index contributed by atoms with van der Waals surface area (Å²) in [4.78, 5) is 0. The minimum Gasteiger partial charge on any atom is -0.308 e. The number of anilines is 1. The van der Waals surface area contributed by atoms with Gasteiger partial charge in [0.1, 0.15) is 0 Å². The van der Waals surface area contributed by atoms with E-state index in [1.807, 2.05) is 5.01 Å². The fourth-order valence-electron chi connectivity index (χ4n) is 2.03. The first-order chi connectivity index (χ1) is 6.33. The molecule has 1 unspecified atom stereocenters. The Kier molecular flexibility index (Phi) is 2.23. The van der Waals surface area contributed by atoms with Crippen molar-refractivity contribution in [3.63, 3.8) is 0 Å². The standard InChI is InChI=1S/C11H16N2/c1-2-10-8-7-9-5-3-4-6-11(9)13(10)12/h3-6,10H,2,7-8,12H2,1H3. The van der Waals surface area contributed by atoms with Crippen LogP contribution in [-0.4, -0.2) is 6.04 Å². The summed E-state index contributed by atoms with van der Waals surface area (Å²) in [6.07, 6.45) is 3.48. The molecular weight excluding hydrogens is 160 g/mol. The molecule has 2 N–H and O–H groups in total. The van der Waals surface area contributed by atoms with Crippen LogP contribution in [0.1, 0.15) is 25.3 Å². The molecule has 0 spiro atoms. The van der Waals surface area contributed by atoms with Crippen molar-refractivity contribution >= 4 is 5.69 Å². The number of hydrazine groups is 1. The van der Waals surface area contributed by atoms with Gasteiger partial charge in [-0.25, -0.2) is 5.84 Å². The van der Waals surface area contributed by atoms with Gasteiger partial charge in [0.25, 0.3) is 0 Å². The Hall–Kier alpha value is -1.02. The second-order valence-electron chi connectivity index (χ2n) is 3.64. The van der Waals surface area contributed by atoms with E-state index < -0.39 is 0 Å². The van der Waals surface area contributed by atoms with Crippen molar-refractivity contribution in [1.29, 1.82) is 0 Å². The van der Waals surface area contributed by atoms with Crippen LogP contribution < -0.4 is 10.9 Å². The molecule has 1 aromatic carbocycles. The molecule has 13 heavy (non-hydrogen) atoms. The number of fused-ring (bicyclic) bond motifs is 1.